The van der Waals surface area contributed by atoms with Gasteiger partial charge in [-0.3, -0.25) is 28.0 Å². The van der Waals surface area contributed by atoms with Gasteiger partial charge in [-0.05, 0) is 115 Å². The lowest BCUT2D eigenvalue weighted by Crippen LogP contribution is -2.56. The first kappa shape index (κ1) is 47.1. The molecule has 0 aromatic heterocycles. The molecule has 18 heteroatoms. The van der Waals surface area contributed by atoms with Gasteiger partial charge in [-0.25, -0.2) is 4.57 Å². The van der Waals surface area contributed by atoms with E-state index >= 15 is 4.57 Å². The van der Waals surface area contributed by atoms with Gasteiger partial charge in [0.25, 0.3) is 0 Å². The number of rotatable bonds is 12. The Morgan fingerprint density at radius 2 is 0.897 bits per heavy atom. The number of carbonyl (C=O) groups excluding carboxylic acids is 3. The number of phosphoric acid groups is 1. The summed E-state index contributed by atoms with van der Waals surface area (Å²) in [5, 5.41) is 29.8. The van der Waals surface area contributed by atoms with Gasteiger partial charge in [-0.15, -0.1) is 0 Å². The van der Waals surface area contributed by atoms with Crippen molar-refractivity contribution in [3.8, 4) is 35.5 Å². The molecule has 3 amide bonds. The van der Waals surface area contributed by atoms with Gasteiger partial charge in [-0.2, -0.15) is 15.8 Å². The first-order chi connectivity index (χ1) is 32.4. The fourth-order valence-electron chi connectivity index (χ4n) is 10.7. The number of hydrogen-bond donors (Lipinski definition) is 0. The van der Waals surface area contributed by atoms with E-state index in [2.05, 4.69) is 18.2 Å². The number of carbonyl (C=O) groups is 3. The smallest absolute Gasteiger partial charge is 0.475 e. The molecule has 0 bridgehead atoms. The van der Waals surface area contributed by atoms with Crippen LogP contribution in [0.1, 0.15) is 132 Å². The molecular weight excluding hydrogens is 892 g/mol. The Bertz CT molecular complexity index is 2600. The van der Waals surface area contributed by atoms with E-state index < -0.39 is 61.1 Å². The van der Waals surface area contributed by atoms with Crippen molar-refractivity contribution in [3.05, 3.63) is 88.0 Å². The lowest BCUT2D eigenvalue weighted by Gasteiger charge is -2.50. The summed E-state index contributed by atoms with van der Waals surface area (Å²) < 4.78 is 62.5. The van der Waals surface area contributed by atoms with E-state index in [0.29, 0.717) is 95.9 Å². The second-order valence-electron chi connectivity index (χ2n) is 19.7. The van der Waals surface area contributed by atoms with Crippen LogP contribution < -0.4 is 14.2 Å². The van der Waals surface area contributed by atoms with Crippen LogP contribution >= 0.6 is 7.82 Å². The summed E-state index contributed by atoms with van der Waals surface area (Å²) in [5.74, 6) is 0.997. The van der Waals surface area contributed by atoms with Crippen LogP contribution in [-0.4, -0.2) is 100 Å². The number of benzene rings is 3. The number of fused-ring (bicyclic) bond motifs is 3. The summed E-state index contributed by atoms with van der Waals surface area (Å²) in [6, 6.07) is 19.1. The fraction of sp³-hybridized carbons (Fsp3) is 0.520. The largest absolute Gasteiger partial charge is 0.485 e. The van der Waals surface area contributed by atoms with Crippen molar-refractivity contribution in [1.29, 1.82) is 15.8 Å². The second kappa shape index (κ2) is 17.8. The van der Waals surface area contributed by atoms with Crippen LogP contribution in [0.3, 0.4) is 0 Å². The highest BCUT2D eigenvalue weighted by atomic mass is 31.2. The van der Waals surface area contributed by atoms with Crippen LogP contribution in [0.2, 0.25) is 0 Å². The van der Waals surface area contributed by atoms with Crippen molar-refractivity contribution in [2.45, 2.75) is 133 Å². The molecule has 68 heavy (non-hydrogen) atoms. The van der Waals surface area contributed by atoms with Crippen molar-refractivity contribution < 1.29 is 51.5 Å². The van der Waals surface area contributed by atoms with Gasteiger partial charge >= 0.3 is 7.82 Å². The molecule has 0 aliphatic carbocycles. The van der Waals surface area contributed by atoms with Gasteiger partial charge in [0.1, 0.15) is 52.4 Å². The van der Waals surface area contributed by atoms with Crippen LogP contribution in [0.25, 0.3) is 0 Å². The molecule has 6 heterocycles. The van der Waals surface area contributed by atoms with Crippen LogP contribution in [0.4, 0.5) is 0 Å². The number of nitrogens with zero attached hydrogens (tertiary/aromatic N) is 6. The van der Waals surface area contributed by atoms with Crippen LogP contribution in [0.15, 0.2) is 54.6 Å². The Hall–Kier alpha value is -5.99. The van der Waals surface area contributed by atoms with Crippen LogP contribution in [0.5, 0.6) is 17.2 Å². The predicted molar refractivity (Wildman–Crippen MR) is 242 cm³/mol. The lowest BCUT2D eigenvalue weighted by atomic mass is 9.84. The van der Waals surface area contributed by atoms with Crippen molar-refractivity contribution in [1.82, 2.24) is 14.7 Å². The van der Waals surface area contributed by atoms with Gasteiger partial charge in [0.2, 0.25) is 17.7 Å². The highest BCUT2D eigenvalue weighted by molar-refractivity contribution is 7.48. The van der Waals surface area contributed by atoms with Gasteiger partial charge in [0, 0.05) is 55.6 Å². The maximum absolute atomic E-state index is 16.2. The van der Waals surface area contributed by atoms with Crippen LogP contribution in [-0.2, 0) is 37.3 Å². The van der Waals surface area contributed by atoms with Gasteiger partial charge in [-0.1, -0.05) is 0 Å². The standard InChI is InChI=1S/C50H55N6O11P/c1-48(2)45(42(54-19-7-10-39(54)57)33-24-30(27-51)13-16-36(33)63-48)61-22-23-62-68(60,66-46-43(55-20-8-11-40(55)58)34-25-31(28-52)14-17-37(34)64-49(46,3)4)67-47-44(56-21-9-12-41(56)59)35-26-32(29-53)15-18-38(35)65-50(47,5)6/h13-18,24-26,42-47H,7-12,19-23H2,1-6H3/t42-,43-,44-,45?,46+,47+/m0/s1. The summed E-state index contributed by atoms with van der Waals surface area (Å²) >= 11 is 0. The Kier molecular flexibility index (Phi) is 12.3. The zero-order chi connectivity index (χ0) is 48.3. The SMILES string of the molecule is CC1(C)Oc2ccc(C#N)cc2[C@H](N2CCCC2=O)C1OCCOP(=O)(O[C@@H]1[C@@H](N2CCCC2=O)c2cc(C#N)ccc2OC1(C)C)O[C@@H]1[C@@H](N2CCCC2=O)c2cc(C#N)ccc2OC1(C)C. The zero-order valence-electron chi connectivity index (χ0n) is 39.1. The number of nitriles is 3. The molecule has 3 aromatic rings. The Labute approximate surface area is 395 Å². The third-order valence-corrected chi connectivity index (χ3v) is 15.3. The van der Waals surface area contributed by atoms with Crippen molar-refractivity contribution >= 4 is 25.5 Å². The summed E-state index contributed by atoms with van der Waals surface area (Å²) in [4.78, 5) is 45.9. The summed E-state index contributed by atoms with van der Waals surface area (Å²) in [5.41, 5.74) is -0.954. The molecule has 6 atom stereocenters. The highest BCUT2D eigenvalue weighted by Gasteiger charge is 2.57. The van der Waals surface area contributed by atoms with E-state index in [9.17, 15) is 30.2 Å². The van der Waals surface area contributed by atoms with Crippen molar-refractivity contribution in [2.75, 3.05) is 32.8 Å². The number of likely N-dealkylation sites (tertiary alicyclic amines) is 3. The zero-order valence-corrected chi connectivity index (χ0v) is 40.0. The molecule has 0 radical (unpaired) electrons. The van der Waals surface area contributed by atoms with E-state index in [4.69, 9.17) is 32.5 Å². The van der Waals surface area contributed by atoms with E-state index in [-0.39, 0.29) is 43.8 Å². The molecule has 3 fully saturated rings. The minimum atomic E-state index is -4.96. The molecule has 3 saturated heterocycles. The van der Waals surface area contributed by atoms with E-state index in [1.165, 1.54) is 0 Å². The molecule has 0 saturated carbocycles. The third-order valence-electron chi connectivity index (χ3n) is 13.9. The second-order valence-corrected chi connectivity index (χ2v) is 21.3. The van der Waals surface area contributed by atoms with Crippen LogP contribution in [0, 0.1) is 34.0 Å². The van der Waals surface area contributed by atoms with Gasteiger partial charge in [0.15, 0.2) is 0 Å². The number of phosphoric ester groups is 1. The Morgan fingerprint density at radius 1 is 0.559 bits per heavy atom. The van der Waals surface area contributed by atoms with Crippen molar-refractivity contribution in [3.63, 3.8) is 0 Å². The molecule has 3 aromatic carbocycles. The van der Waals surface area contributed by atoms with E-state index in [1.54, 1.807) is 97.0 Å². The Balaban J connectivity index is 1.10. The normalized spacial score (nSPS) is 26.6. The molecule has 6 aliphatic rings. The molecule has 356 valence electrons. The average molecular weight is 947 g/mol. The molecule has 6 aliphatic heterocycles. The van der Waals surface area contributed by atoms with Crippen molar-refractivity contribution in [2.24, 2.45) is 0 Å². The highest BCUT2D eigenvalue weighted by Crippen LogP contribution is 2.61. The monoisotopic (exact) mass is 946 g/mol. The van der Waals surface area contributed by atoms with Gasteiger partial charge < -0.3 is 33.6 Å². The first-order valence-corrected chi connectivity index (χ1v) is 24.6. The summed E-state index contributed by atoms with van der Waals surface area (Å²) in [6.07, 6.45) is -0.551. The summed E-state index contributed by atoms with van der Waals surface area (Å²) in [6.45, 7) is 11.3. The number of amides is 3. The minimum absolute atomic E-state index is 0.0594. The molecule has 1 unspecified atom stereocenters. The average Bonchev–Trinajstić information content (AvgIpc) is 4.05. The predicted octanol–water partition coefficient (Wildman–Crippen LogP) is 7.49. The Morgan fingerprint density at radius 3 is 1.22 bits per heavy atom. The molecule has 9 rings (SSSR count). The van der Waals surface area contributed by atoms with E-state index in [1.807, 2.05) is 13.8 Å². The maximum Gasteiger partial charge on any atom is 0.475 e. The van der Waals surface area contributed by atoms with Gasteiger partial charge in [0.05, 0.1) is 66.2 Å². The number of hydrogen-bond acceptors (Lipinski definition) is 14. The third kappa shape index (κ3) is 8.59. The molecule has 17 nitrogen and oxygen atoms in total. The summed E-state index contributed by atoms with van der Waals surface area (Å²) in [7, 11) is -4.96. The fourth-order valence-corrected chi connectivity index (χ4v) is 12.5. The topological polar surface area (TPSA) is 214 Å². The minimum Gasteiger partial charge on any atom is -0.485 e. The number of ether oxygens (including phenoxy) is 4. The molecular formula is C50H55N6O11P. The lowest BCUT2D eigenvalue weighted by molar-refractivity contribution is -0.153. The maximum atomic E-state index is 16.2. The molecule has 0 spiro atoms. The molecule has 0 N–H and O–H groups in total. The van der Waals surface area contributed by atoms with E-state index in [0.717, 1.165) is 0 Å². The first-order valence-electron chi connectivity index (χ1n) is 23.2. The quantitative estimate of drug-likeness (QED) is 0.127.